The molecule has 4 rings (SSSR count). The molecule has 0 bridgehead atoms. The summed E-state index contributed by atoms with van der Waals surface area (Å²) in [5, 5.41) is 9.66. The summed E-state index contributed by atoms with van der Waals surface area (Å²) in [7, 11) is 2.07. The Morgan fingerprint density at radius 3 is 2.62 bits per heavy atom. The standard InChI is InChI=1S/C25H26N4OS2/c1-17(2)21-6-4-5-7-22(21)19-12-20(16-27-15-19)31-25-18(14-26)13-23(32-25)24(30)29-10-8-28(3)9-11-29/h4-7,12-13,15-17H,8-11H2,1-3H3. The molecule has 0 N–H and O–H groups in total. The Kier molecular flexibility index (Phi) is 6.95. The summed E-state index contributed by atoms with van der Waals surface area (Å²) in [6, 6.07) is 14.5. The van der Waals surface area contributed by atoms with Gasteiger partial charge in [-0.1, -0.05) is 49.9 Å². The van der Waals surface area contributed by atoms with Crippen molar-refractivity contribution in [1.82, 2.24) is 14.8 Å². The monoisotopic (exact) mass is 462 g/mol. The maximum atomic E-state index is 13.0. The van der Waals surface area contributed by atoms with Crippen molar-refractivity contribution in [1.29, 1.82) is 5.26 Å². The number of aromatic nitrogens is 1. The number of rotatable bonds is 5. The van der Waals surface area contributed by atoms with Crippen LogP contribution in [0.15, 0.2) is 57.9 Å². The van der Waals surface area contributed by atoms with Gasteiger partial charge in [0.1, 0.15) is 6.07 Å². The second kappa shape index (κ2) is 9.86. The fourth-order valence-corrected chi connectivity index (χ4v) is 6.05. The summed E-state index contributed by atoms with van der Waals surface area (Å²) >= 11 is 2.90. The van der Waals surface area contributed by atoms with Gasteiger partial charge in [0, 0.05) is 49.0 Å². The molecule has 1 aliphatic heterocycles. The number of pyridine rings is 1. The quantitative estimate of drug-likeness (QED) is 0.512. The number of carbonyl (C=O) groups is 1. The van der Waals surface area contributed by atoms with Crippen LogP contribution in [0, 0.1) is 11.3 Å². The summed E-state index contributed by atoms with van der Waals surface area (Å²) < 4.78 is 0.834. The molecule has 0 radical (unpaired) electrons. The van der Waals surface area contributed by atoms with Gasteiger partial charge in [0.15, 0.2) is 0 Å². The lowest BCUT2D eigenvalue weighted by molar-refractivity contribution is 0.0669. The Morgan fingerprint density at radius 2 is 1.91 bits per heavy atom. The molecule has 164 valence electrons. The first kappa shape index (κ1) is 22.5. The molecule has 5 nitrogen and oxygen atoms in total. The van der Waals surface area contributed by atoms with E-state index in [-0.39, 0.29) is 5.91 Å². The maximum Gasteiger partial charge on any atom is 0.264 e. The molecule has 1 saturated heterocycles. The van der Waals surface area contributed by atoms with Crippen LogP contribution in [0.1, 0.15) is 40.6 Å². The molecule has 0 saturated carbocycles. The summed E-state index contributed by atoms with van der Waals surface area (Å²) in [6.07, 6.45) is 3.70. The molecule has 0 spiro atoms. The molecule has 1 amide bonds. The predicted octanol–water partition coefficient (Wildman–Crippen LogP) is 5.34. The topological polar surface area (TPSA) is 60.2 Å². The first-order valence-electron chi connectivity index (χ1n) is 10.7. The number of benzene rings is 1. The van der Waals surface area contributed by atoms with Crippen LogP contribution in [0.5, 0.6) is 0 Å². The van der Waals surface area contributed by atoms with Crippen molar-refractivity contribution >= 4 is 29.0 Å². The highest BCUT2D eigenvalue weighted by Crippen LogP contribution is 2.39. The van der Waals surface area contributed by atoms with Gasteiger partial charge in [-0.3, -0.25) is 9.78 Å². The third-order valence-electron chi connectivity index (χ3n) is 5.64. The molecule has 3 aromatic rings. The van der Waals surface area contributed by atoms with Crippen molar-refractivity contribution in [2.24, 2.45) is 0 Å². The Hall–Kier alpha value is -2.66. The van der Waals surface area contributed by atoms with Crippen LogP contribution in [0.2, 0.25) is 0 Å². The fraction of sp³-hybridized carbons (Fsp3) is 0.320. The second-order valence-corrected chi connectivity index (χ2v) is 10.7. The van der Waals surface area contributed by atoms with Crippen molar-refractivity contribution in [2.45, 2.75) is 28.9 Å². The first-order valence-corrected chi connectivity index (χ1v) is 12.3. The van der Waals surface area contributed by atoms with Gasteiger partial charge in [0.2, 0.25) is 0 Å². The Labute approximate surface area is 197 Å². The number of nitrogens with zero attached hydrogens (tertiary/aromatic N) is 4. The summed E-state index contributed by atoms with van der Waals surface area (Å²) in [4.78, 5) is 23.1. The zero-order chi connectivity index (χ0) is 22.7. The Balaban J connectivity index is 1.58. The van der Waals surface area contributed by atoms with Crippen molar-refractivity contribution in [3.8, 4) is 17.2 Å². The van der Waals surface area contributed by atoms with E-state index in [1.54, 1.807) is 6.07 Å². The molecule has 1 aromatic carbocycles. The van der Waals surface area contributed by atoms with E-state index in [0.717, 1.165) is 40.8 Å². The summed E-state index contributed by atoms with van der Waals surface area (Å²) in [5.41, 5.74) is 4.06. The molecular formula is C25H26N4OS2. The number of hydrogen-bond donors (Lipinski definition) is 0. The van der Waals surface area contributed by atoms with Crippen LogP contribution in [-0.2, 0) is 0 Å². The van der Waals surface area contributed by atoms with Crippen LogP contribution >= 0.6 is 23.1 Å². The van der Waals surface area contributed by atoms with Gasteiger partial charge in [-0.05, 0) is 36.2 Å². The molecule has 0 atom stereocenters. The van der Waals surface area contributed by atoms with Gasteiger partial charge < -0.3 is 9.80 Å². The average Bonchev–Trinajstić information content (AvgIpc) is 3.22. The first-order chi connectivity index (χ1) is 15.5. The van der Waals surface area contributed by atoms with Crippen LogP contribution in [0.4, 0.5) is 0 Å². The smallest absolute Gasteiger partial charge is 0.264 e. The lowest BCUT2D eigenvalue weighted by Gasteiger charge is -2.32. The van der Waals surface area contributed by atoms with Crippen LogP contribution in [-0.4, -0.2) is 53.9 Å². The van der Waals surface area contributed by atoms with Gasteiger partial charge in [0.25, 0.3) is 5.91 Å². The molecule has 0 unspecified atom stereocenters. The highest BCUT2D eigenvalue weighted by molar-refractivity contribution is 8.01. The van der Waals surface area contributed by atoms with E-state index in [1.165, 1.54) is 34.2 Å². The average molecular weight is 463 g/mol. The number of thiophene rings is 1. The zero-order valence-electron chi connectivity index (χ0n) is 18.5. The third-order valence-corrected chi connectivity index (χ3v) is 7.92. The third kappa shape index (κ3) is 4.88. The van der Waals surface area contributed by atoms with E-state index < -0.39 is 0 Å². The van der Waals surface area contributed by atoms with E-state index in [2.05, 4.69) is 61.1 Å². The van der Waals surface area contributed by atoms with E-state index in [4.69, 9.17) is 0 Å². The number of carbonyl (C=O) groups excluding carboxylic acids is 1. The van der Waals surface area contributed by atoms with Gasteiger partial charge >= 0.3 is 0 Å². The summed E-state index contributed by atoms with van der Waals surface area (Å²) in [5.74, 6) is 0.428. The molecule has 32 heavy (non-hydrogen) atoms. The summed E-state index contributed by atoms with van der Waals surface area (Å²) in [6.45, 7) is 7.57. The van der Waals surface area contributed by atoms with Gasteiger partial charge in [-0.2, -0.15) is 5.26 Å². The Morgan fingerprint density at radius 1 is 1.16 bits per heavy atom. The van der Waals surface area contributed by atoms with Gasteiger partial charge in [-0.15, -0.1) is 11.3 Å². The normalized spacial score (nSPS) is 14.5. The molecule has 7 heteroatoms. The van der Waals surface area contributed by atoms with Crippen molar-refractivity contribution in [3.05, 3.63) is 64.8 Å². The van der Waals surface area contributed by atoms with Crippen LogP contribution < -0.4 is 0 Å². The molecule has 2 aromatic heterocycles. The number of piperazine rings is 1. The highest BCUT2D eigenvalue weighted by atomic mass is 32.2. The SMILES string of the molecule is CC(C)c1ccccc1-c1cncc(Sc2sc(C(=O)N3CCN(C)CC3)cc2C#N)c1. The van der Waals surface area contributed by atoms with Crippen LogP contribution in [0.3, 0.4) is 0 Å². The van der Waals surface area contributed by atoms with E-state index in [0.29, 0.717) is 16.4 Å². The number of nitriles is 1. The maximum absolute atomic E-state index is 13.0. The van der Waals surface area contributed by atoms with E-state index in [1.807, 2.05) is 23.4 Å². The van der Waals surface area contributed by atoms with E-state index in [9.17, 15) is 10.1 Å². The second-order valence-electron chi connectivity index (χ2n) is 8.27. The minimum absolute atomic E-state index is 0.0178. The largest absolute Gasteiger partial charge is 0.335 e. The van der Waals surface area contributed by atoms with Crippen molar-refractivity contribution in [3.63, 3.8) is 0 Å². The van der Waals surface area contributed by atoms with E-state index >= 15 is 0 Å². The lowest BCUT2D eigenvalue weighted by Crippen LogP contribution is -2.46. The minimum Gasteiger partial charge on any atom is -0.335 e. The van der Waals surface area contributed by atoms with Gasteiger partial charge in [-0.25, -0.2) is 0 Å². The molecule has 0 aliphatic carbocycles. The van der Waals surface area contributed by atoms with Crippen molar-refractivity contribution < 1.29 is 4.79 Å². The zero-order valence-corrected chi connectivity index (χ0v) is 20.2. The molecule has 1 aliphatic rings. The lowest BCUT2D eigenvalue weighted by atomic mass is 9.93. The number of likely N-dealkylation sites (N-methyl/N-ethyl adjacent to an activating group) is 1. The van der Waals surface area contributed by atoms with Crippen LogP contribution in [0.25, 0.3) is 11.1 Å². The fourth-order valence-electron chi connectivity index (χ4n) is 3.79. The molecule has 3 heterocycles. The molecular weight excluding hydrogens is 436 g/mol. The number of amides is 1. The van der Waals surface area contributed by atoms with Crippen molar-refractivity contribution in [2.75, 3.05) is 33.2 Å². The number of hydrogen-bond acceptors (Lipinski definition) is 6. The predicted molar refractivity (Wildman–Crippen MR) is 130 cm³/mol. The minimum atomic E-state index is 0.0178. The highest BCUT2D eigenvalue weighted by Gasteiger charge is 2.23. The van der Waals surface area contributed by atoms with Gasteiger partial charge in [0.05, 0.1) is 14.6 Å². The Bertz CT molecular complexity index is 1160. The molecule has 1 fully saturated rings.